The molecule has 0 unspecified atom stereocenters. The third-order valence-corrected chi connectivity index (χ3v) is 7.18. The molecule has 0 spiro atoms. The highest BCUT2D eigenvalue weighted by molar-refractivity contribution is 6.02. The van der Waals surface area contributed by atoms with Crippen LogP contribution in [-0.2, 0) is 9.59 Å². The van der Waals surface area contributed by atoms with E-state index in [1.54, 1.807) is 26.6 Å². The number of hydrogen-bond acceptors (Lipinski definition) is 5. The predicted molar refractivity (Wildman–Crippen MR) is 139 cm³/mol. The molecule has 0 saturated heterocycles. The molecule has 7 nitrogen and oxygen atoms in total. The Morgan fingerprint density at radius 3 is 2.50 bits per heavy atom. The van der Waals surface area contributed by atoms with Gasteiger partial charge in [0.15, 0.2) is 0 Å². The number of allylic oxidation sites excluding steroid dienone is 1. The number of para-hydroxylation sites is 1. The third-order valence-electron chi connectivity index (χ3n) is 7.18. The average molecular weight is 492 g/mol. The number of amides is 1. The molecule has 0 radical (unpaired) electrons. The van der Waals surface area contributed by atoms with Gasteiger partial charge in [-0.1, -0.05) is 18.2 Å². The highest BCUT2D eigenvalue weighted by Crippen LogP contribution is 2.42. The first-order valence-corrected chi connectivity index (χ1v) is 12.3. The molecule has 1 aromatic heterocycles. The first-order valence-electron chi connectivity index (χ1n) is 12.3. The maximum absolute atomic E-state index is 12.8. The Balaban J connectivity index is 1.58. The van der Waals surface area contributed by atoms with Gasteiger partial charge in [-0.25, -0.2) is 0 Å². The summed E-state index contributed by atoms with van der Waals surface area (Å²) in [6.45, 7) is 4.38. The van der Waals surface area contributed by atoms with Crippen LogP contribution in [0.4, 0.5) is 0 Å². The number of aryl methyl sites for hydroxylation is 1. The second-order valence-electron chi connectivity index (χ2n) is 9.44. The molecule has 0 atom stereocenters. The number of rotatable bonds is 8. The summed E-state index contributed by atoms with van der Waals surface area (Å²) in [6.07, 6.45) is 6.28. The van der Waals surface area contributed by atoms with E-state index in [0.717, 1.165) is 57.4 Å². The summed E-state index contributed by atoms with van der Waals surface area (Å²) in [5.74, 6) is 0.568. The van der Waals surface area contributed by atoms with Crippen LogP contribution in [0.3, 0.4) is 0 Å². The zero-order valence-electron chi connectivity index (χ0n) is 21.2. The molecule has 1 amide bonds. The number of hydrogen-bond donors (Lipinski definition) is 2. The number of methoxy groups -OCH3 is 2. The summed E-state index contributed by atoms with van der Waals surface area (Å²) < 4.78 is 17.2. The van der Waals surface area contributed by atoms with Crippen molar-refractivity contribution in [2.24, 2.45) is 11.8 Å². The van der Waals surface area contributed by atoms with Gasteiger partial charge in [-0.05, 0) is 63.2 Å². The van der Waals surface area contributed by atoms with E-state index in [0.29, 0.717) is 31.1 Å². The van der Waals surface area contributed by atoms with Gasteiger partial charge in [0, 0.05) is 40.3 Å². The molecule has 4 rings (SSSR count). The molecule has 3 aromatic rings. The number of nitrogens with one attached hydrogen (secondary N) is 1. The van der Waals surface area contributed by atoms with Crippen molar-refractivity contribution >= 4 is 28.4 Å². The van der Waals surface area contributed by atoms with Gasteiger partial charge < -0.3 is 24.3 Å². The van der Waals surface area contributed by atoms with E-state index in [4.69, 9.17) is 13.9 Å². The van der Waals surface area contributed by atoms with Crippen LogP contribution in [-0.4, -0.2) is 37.7 Å². The number of ether oxygens (including phenoxy) is 2. The van der Waals surface area contributed by atoms with Gasteiger partial charge in [0.05, 0.1) is 26.4 Å². The lowest BCUT2D eigenvalue weighted by atomic mass is 9.82. The van der Waals surface area contributed by atoms with E-state index in [1.165, 1.54) is 0 Å². The molecule has 1 aliphatic carbocycles. The number of furan rings is 1. The second kappa shape index (κ2) is 10.9. The number of carboxylic acids is 1. The van der Waals surface area contributed by atoms with E-state index in [2.05, 4.69) is 5.32 Å². The SMILES string of the molecule is COc1ccccc1-c1coc2c(C)c(OC)c(/C(C)=C/C(=O)NCC3CCC(C(=O)O)CC3)cc12. The Labute approximate surface area is 211 Å². The monoisotopic (exact) mass is 491 g/mol. The van der Waals surface area contributed by atoms with E-state index >= 15 is 0 Å². The van der Waals surface area contributed by atoms with Gasteiger partial charge in [0.1, 0.15) is 17.1 Å². The number of benzene rings is 2. The van der Waals surface area contributed by atoms with Gasteiger partial charge in [-0.15, -0.1) is 0 Å². The lowest BCUT2D eigenvalue weighted by Gasteiger charge is -2.26. The zero-order valence-corrected chi connectivity index (χ0v) is 21.2. The molecule has 36 heavy (non-hydrogen) atoms. The van der Waals surface area contributed by atoms with E-state index < -0.39 is 5.97 Å². The lowest BCUT2D eigenvalue weighted by molar-refractivity contribution is -0.143. The Kier molecular flexibility index (Phi) is 7.67. The Bertz CT molecular complexity index is 1300. The maximum Gasteiger partial charge on any atom is 0.306 e. The molecule has 1 saturated carbocycles. The highest BCUT2D eigenvalue weighted by Gasteiger charge is 2.26. The van der Waals surface area contributed by atoms with Crippen LogP contribution in [0.5, 0.6) is 11.5 Å². The average Bonchev–Trinajstić information content (AvgIpc) is 3.31. The number of aliphatic carboxylic acids is 1. The van der Waals surface area contributed by atoms with Crippen molar-refractivity contribution in [1.82, 2.24) is 5.32 Å². The Hall–Kier alpha value is -3.74. The lowest BCUT2D eigenvalue weighted by Crippen LogP contribution is -2.31. The van der Waals surface area contributed by atoms with Crippen LogP contribution in [0.2, 0.25) is 0 Å². The smallest absolute Gasteiger partial charge is 0.306 e. The van der Waals surface area contributed by atoms with Crippen molar-refractivity contribution in [2.45, 2.75) is 39.5 Å². The molecule has 190 valence electrons. The van der Waals surface area contributed by atoms with Crippen molar-refractivity contribution in [2.75, 3.05) is 20.8 Å². The van der Waals surface area contributed by atoms with E-state index in [9.17, 15) is 14.7 Å². The van der Waals surface area contributed by atoms with Gasteiger partial charge in [0.2, 0.25) is 5.91 Å². The van der Waals surface area contributed by atoms with Crippen LogP contribution in [0.25, 0.3) is 27.7 Å². The zero-order chi connectivity index (χ0) is 25.8. The highest BCUT2D eigenvalue weighted by atomic mass is 16.5. The van der Waals surface area contributed by atoms with Gasteiger partial charge in [-0.3, -0.25) is 9.59 Å². The normalized spacial score (nSPS) is 18.2. The number of carbonyl (C=O) groups is 2. The van der Waals surface area contributed by atoms with Crippen molar-refractivity contribution in [3.63, 3.8) is 0 Å². The molecule has 1 heterocycles. The van der Waals surface area contributed by atoms with Gasteiger partial charge in [0.25, 0.3) is 0 Å². The van der Waals surface area contributed by atoms with E-state index in [-0.39, 0.29) is 11.8 Å². The topological polar surface area (TPSA) is 98.0 Å². The van der Waals surface area contributed by atoms with E-state index in [1.807, 2.05) is 44.2 Å². The van der Waals surface area contributed by atoms with Crippen molar-refractivity contribution in [1.29, 1.82) is 0 Å². The molecule has 0 aliphatic heterocycles. The third kappa shape index (κ3) is 5.10. The van der Waals surface area contributed by atoms with Crippen molar-refractivity contribution in [3.05, 3.63) is 53.8 Å². The minimum atomic E-state index is -0.719. The van der Waals surface area contributed by atoms with Crippen molar-refractivity contribution in [3.8, 4) is 22.6 Å². The summed E-state index contributed by atoms with van der Waals surface area (Å²) >= 11 is 0. The quantitative estimate of drug-likeness (QED) is 0.385. The minimum absolute atomic E-state index is 0.176. The number of carbonyl (C=O) groups excluding carboxylic acids is 1. The predicted octanol–water partition coefficient (Wildman–Crippen LogP) is 5.84. The second-order valence-corrected chi connectivity index (χ2v) is 9.44. The fourth-order valence-electron chi connectivity index (χ4n) is 5.13. The summed E-state index contributed by atoms with van der Waals surface area (Å²) in [5.41, 5.74) is 5.00. The molecule has 1 fully saturated rings. The molecule has 2 aromatic carbocycles. The molecule has 2 N–H and O–H groups in total. The summed E-state index contributed by atoms with van der Waals surface area (Å²) in [6, 6.07) is 9.78. The Morgan fingerprint density at radius 2 is 1.83 bits per heavy atom. The molecule has 1 aliphatic rings. The van der Waals surface area contributed by atoms with Crippen LogP contribution in [0.1, 0.15) is 43.7 Å². The molecular weight excluding hydrogens is 458 g/mol. The largest absolute Gasteiger partial charge is 0.496 e. The minimum Gasteiger partial charge on any atom is -0.496 e. The van der Waals surface area contributed by atoms with Crippen LogP contribution < -0.4 is 14.8 Å². The first-order chi connectivity index (χ1) is 17.3. The standard InChI is InChI=1S/C29H33NO6/c1-17(13-26(31)30-15-19-9-11-20(12-10-19)29(32)33)22-14-23-24(21-7-5-6-8-25(21)34-3)16-36-28(23)18(2)27(22)35-4/h5-8,13-14,16,19-20H,9-12,15H2,1-4H3,(H,30,31)(H,32,33)/b17-13+. The fourth-order valence-corrected chi connectivity index (χ4v) is 5.13. The molecule has 7 heteroatoms. The van der Waals surface area contributed by atoms with Crippen LogP contribution in [0.15, 0.2) is 47.1 Å². The van der Waals surface area contributed by atoms with Crippen LogP contribution >= 0.6 is 0 Å². The summed E-state index contributed by atoms with van der Waals surface area (Å²) in [4.78, 5) is 23.9. The number of carboxylic acid groups (broad SMARTS) is 1. The molecule has 0 bridgehead atoms. The summed E-state index contributed by atoms with van der Waals surface area (Å²) in [5, 5.41) is 13.1. The van der Waals surface area contributed by atoms with Gasteiger partial charge in [-0.2, -0.15) is 0 Å². The van der Waals surface area contributed by atoms with Crippen molar-refractivity contribution < 1.29 is 28.6 Å². The van der Waals surface area contributed by atoms with Crippen LogP contribution in [0, 0.1) is 18.8 Å². The number of fused-ring (bicyclic) bond motifs is 1. The molecular formula is C29H33NO6. The fraction of sp³-hybridized carbons (Fsp3) is 0.379. The van der Waals surface area contributed by atoms with Gasteiger partial charge >= 0.3 is 5.97 Å². The first kappa shape index (κ1) is 25.4. The maximum atomic E-state index is 12.8. The summed E-state index contributed by atoms with van der Waals surface area (Å²) in [7, 11) is 3.26. The Morgan fingerprint density at radius 1 is 1.11 bits per heavy atom.